The van der Waals surface area contributed by atoms with E-state index >= 15 is 0 Å². The molecule has 2 saturated carbocycles. The molecule has 3 amide bonds. The summed E-state index contributed by atoms with van der Waals surface area (Å²) >= 11 is 12.7. The molecule has 1 saturated heterocycles. The van der Waals surface area contributed by atoms with Crippen LogP contribution in [0.15, 0.2) is 84.5 Å². The molecule has 1 aromatic heterocycles. The maximum absolute atomic E-state index is 14.5. The van der Waals surface area contributed by atoms with Gasteiger partial charge in [0.2, 0.25) is 5.91 Å². The molecular weight excluding hydrogens is 667 g/mol. The van der Waals surface area contributed by atoms with Crippen molar-refractivity contribution in [2.45, 2.75) is 62.1 Å². The number of benzene rings is 2. The Morgan fingerprint density at radius 1 is 0.980 bits per heavy atom. The summed E-state index contributed by atoms with van der Waals surface area (Å²) in [6.45, 7) is 1.76. The van der Waals surface area contributed by atoms with Gasteiger partial charge in [-0.2, -0.15) is 5.26 Å². The number of carbonyl (C=O) groups excluding carboxylic acids is 3. The number of amides is 3. The molecule has 4 aliphatic rings. The molecule has 7 rings (SSSR count). The number of nitrogens with zero attached hydrogens (tertiary/aromatic N) is 4. The SMILES string of the molecule is CC1(Cc2ccc(C#N)cc2)C(=O)N(c2cc(Cl)cc(Cl)c2)C2=CCC=C(C(=O)NC3(C(=O)NC4(c5ccc(C(=O)O)cn5)CC4)CC3)N21. The molecule has 2 aliphatic carbocycles. The number of aromatic carboxylic acids is 1. The van der Waals surface area contributed by atoms with Gasteiger partial charge in [-0.05, 0) is 93.1 Å². The van der Waals surface area contributed by atoms with E-state index in [4.69, 9.17) is 23.2 Å². The molecule has 13 heteroatoms. The number of anilines is 1. The minimum atomic E-state index is -1.29. The van der Waals surface area contributed by atoms with Gasteiger partial charge in [-0.15, -0.1) is 0 Å². The Balaban J connectivity index is 1.17. The van der Waals surface area contributed by atoms with Gasteiger partial charge in [-0.25, -0.2) is 4.79 Å². The van der Waals surface area contributed by atoms with Crippen molar-refractivity contribution in [1.29, 1.82) is 5.26 Å². The quantitative estimate of drug-likeness (QED) is 0.276. The van der Waals surface area contributed by atoms with Crippen molar-refractivity contribution in [3.05, 3.63) is 117 Å². The summed E-state index contributed by atoms with van der Waals surface area (Å²) in [5.41, 5.74) is -0.619. The first kappa shape index (κ1) is 32.4. The number of hydrogen-bond donors (Lipinski definition) is 3. The first-order chi connectivity index (χ1) is 23.4. The summed E-state index contributed by atoms with van der Waals surface area (Å²) in [5, 5.41) is 25.3. The Labute approximate surface area is 291 Å². The average molecular weight is 698 g/mol. The third kappa shape index (κ3) is 5.71. The Hall–Kier alpha value is -5.18. The zero-order chi connectivity index (χ0) is 34.7. The van der Waals surface area contributed by atoms with Crippen LogP contribution in [-0.2, 0) is 26.3 Å². The third-order valence-corrected chi connectivity index (χ3v) is 10.0. The summed E-state index contributed by atoms with van der Waals surface area (Å²) in [6.07, 6.45) is 7.53. The van der Waals surface area contributed by atoms with Gasteiger partial charge in [-0.3, -0.25) is 24.3 Å². The van der Waals surface area contributed by atoms with Gasteiger partial charge in [0.1, 0.15) is 22.6 Å². The van der Waals surface area contributed by atoms with Crippen LogP contribution >= 0.6 is 23.2 Å². The molecule has 0 bridgehead atoms. The minimum Gasteiger partial charge on any atom is -0.478 e. The van der Waals surface area contributed by atoms with Crippen LogP contribution in [-0.4, -0.2) is 49.8 Å². The van der Waals surface area contributed by atoms with Crippen molar-refractivity contribution in [1.82, 2.24) is 20.5 Å². The largest absolute Gasteiger partial charge is 0.478 e. The number of hydrogen-bond acceptors (Lipinski definition) is 7. The third-order valence-electron chi connectivity index (χ3n) is 9.58. The van der Waals surface area contributed by atoms with Crippen LogP contribution in [0.5, 0.6) is 0 Å². The molecule has 2 aliphatic heterocycles. The summed E-state index contributed by atoms with van der Waals surface area (Å²) < 4.78 is 0. The van der Waals surface area contributed by atoms with E-state index in [-0.39, 0.29) is 29.5 Å². The number of aromatic nitrogens is 1. The zero-order valence-electron chi connectivity index (χ0n) is 26.3. The van der Waals surface area contributed by atoms with Crippen molar-refractivity contribution in [3.63, 3.8) is 0 Å². The number of nitrogens with one attached hydrogen (secondary N) is 2. The lowest BCUT2D eigenvalue weighted by atomic mass is 9.89. The zero-order valence-corrected chi connectivity index (χ0v) is 27.8. The number of carbonyl (C=O) groups is 4. The van der Waals surface area contributed by atoms with Gasteiger partial charge in [0.25, 0.3) is 11.8 Å². The van der Waals surface area contributed by atoms with Crippen molar-refractivity contribution < 1.29 is 24.3 Å². The number of pyridine rings is 1. The van der Waals surface area contributed by atoms with Gasteiger partial charge in [0, 0.05) is 22.7 Å². The van der Waals surface area contributed by atoms with Crippen molar-refractivity contribution in [2.75, 3.05) is 4.90 Å². The van der Waals surface area contributed by atoms with E-state index in [1.807, 2.05) is 6.08 Å². The molecule has 0 spiro atoms. The number of rotatable bonds is 9. The fourth-order valence-corrected chi connectivity index (χ4v) is 7.13. The van der Waals surface area contributed by atoms with E-state index in [9.17, 15) is 29.5 Å². The summed E-state index contributed by atoms with van der Waals surface area (Å²) in [6, 6.07) is 16.9. The standard InChI is InChI=1S/C36H30Cl2N6O5/c1-34(18-21-5-7-22(19-39)8-6-21)33(49)43(26-16-24(37)15-25(38)17-26)29-4-2-3-27(44(29)34)30(45)41-36(13-14-36)32(48)42-35(11-12-35)28-10-9-23(20-40-28)31(46)47/h3-10,15-17,20H,2,11-14,18H2,1H3,(H,41,45)(H,42,48)(H,46,47). The number of carboxylic acids is 1. The number of halogens is 2. The predicted molar refractivity (Wildman–Crippen MR) is 180 cm³/mol. The number of carboxylic acid groups (broad SMARTS) is 1. The highest BCUT2D eigenvalue weighted by Crippen LogP contribution is 2.48. The maximum Gasteiger partial charge on any atom is 0.337 e. The fourth-order valence-electron chi connectivity index (χ4n) is 6.62. The molecular formula is C36H30Cl2N6O5. The smallest absolute Gasteiger partial charge is 0.337 e. The Bertz CT molecular complexity index is 2010. The van der Waals surface area contributed by atoms with Crippen LogP contribution in [0, 0.1) is 11.3 Å². The van der Waals surface area contributed by atoms with E-state index in [1.165, 1.54) is 17.2 Å². The van der Waals surface area contributed by atoms with E-state index in [0.717, 1.165) is 5.56 Å². The second kappa shape index (κ2) is 11.8. The van der Waals surface area contributed by atoms with Gasteiger partial charge < -0.3 is 20.6 Å². The van der Waals surface area contributed by atoms with Crippen molar-refractivity contribution >= 4 is 52.6 Å². The van der Waals surface area contributed by atoms with Crippen LogP contribution in [0.1, 0.15) is 66.2 Å². The van der Waals surface area contributed by atoms with Crippen LogP contribution < -0.4 is 15.5 Å². The van der Waals surface area contributed by atoms with Crippen LogP contribution in [0.4, 0.5) is 5.69 Å². The molecule has 3 aromatic rings. The molecule has 11 nitrogen and oxygen atoms in total. The Morgan fingerprint density at radius 2 is 1.67 bits per heavy atom. The average Bonchev–Trinajstić information content (AvgIpc) is 4.01. The molecule has 3 fully saturated rings. The second-order valence-corrected chi connectivity index (χ2v) is 13.9. The van der Waals surface area contributed by atoms with Crippen LogP contribution in [0.25, 0.3) is 0 Å². The molecule has 1 unspecified atom stereocenters. The molecule has 3 heterocycles. The van der Waals surface area contributed by atoms with Crippen molar-refractivity contribution in [3.8, 4) is 6.07 Å². The lowest BCUT2D eigenvalue weighted by molar-refractivity contribution is -0.130. The normalized spacial score (nSPS) is 21.1. The van der Waals surface area contributed by atoms with E-state index in [1.54, 1.807) is 66.4 Å². The highest BCUT2D eigenvalue weighted by molar-refractivity contribution is 6.35. The summed E-state index contributed by atoms with van der Waals surface area (Å²) in [5.74, 6) is -1.78. The van der Waals surface area contributed by atoms with Crippen molar-refractivity contribution in [2.24, 2.45) is 0 Å². The van der Waals surface area contributed by atoms with E-state index in [2.05, 4.69) is 21.7 Å². The van der Waals surface area contributed by atoms with E-state index < -0.39 is 28.5 Å². The molecule has 49 heavy (non-hydrogen) atoms. The van der Waals surface area contributed by atoms with Crippen LogP contribution in [0.2, 0.25) is 10.0 Å². The monoisotopic (exact) mass is 696 g/mol. The first-order valence-corrected chi connectivity index (χ1v) is 16.5. The lowest BCUT2D eigenvalue weighted by Crippen LogP contribution is -2.55. The van der Waals surface area contributed by atoms with Gasteiger partial charge in [0.15, 0.2) is 0 Å². The van der Waals surface area contributed by atoms with Gasteiger partial charge in [-0.1, -0.05) is 41.4 Å². The molecule has 2 aromatic carbocycles. The highest BCUT2D eigenvalue weighted by Gasteiger charge is 2.59. The molecule has 3 N–H and O–H groups in total. The minimum absolute atomic E-state index is 0.0505. The number of nitriles is 1. The topological polar surface area (TPSA) is 156 Å². The lowest BCUT2D eigenvalue weighted by Gasteiger charge is -2.37. The molecule has 248 valence electrons. The van der Waals surface area contributed by atoms with Gasteiger partial charge in [0.05, 0.1) is 34.1 Å². The number of allylic oxidation sites excluding steroid dienone is 2. The van der Waals surface area contributed by atoms with Crippen LogP contribution in [0.3, 0.4) is 0 Å². The van der Waals surface area contributed by atoms with E-state index in [0.29, 0.717) is 64.9 Å². The summed E-state index contributed by atoms with van der Waals surface area (Å²) in [4.78, 5) is 61.3. The first-order valence-electron chi connectivity index (χ1n) is 15.7. The van der Waals surface area contributed by atoms with Gasteiger partial charge >= 0.3 is 5.97 Å². The predicted octanol–water partition coefficient (Wildman–Crippen LogP) is 5.19. The molecule has 1 atom stereocenters. The molecule has 0 radical (unpaired) electrons. The maximum atomic E-state index is 14.5. The Morgan fingerprint density at radius 3 is 2.24 bits per heavy atom. The summed E-state index contributed by atoms with van der Waals surface area (Å²) in [7, 11) is 0. The fraction of sp³-hybridized carbons (Fsp3) is 0.278. The highest BCUT2D eigenvalue weighted by atomic mass is 35.5. The number of fused-ring (bicyclic) bond motifs is 1. The second-order valence-electron chi connectivity index (χ2n) is 13.1. The Kier molecular flexibility index (Phi) is 7.77.